The lowest BCUT2D eigenvalue weighted by Crippen LogP contribution is -2.47. The van der Waals surface area contributed by atoms with Gasteiger partial charge in [0.05, 0.1) is 13.2 Å². The lowest BCUT2D eigenvalue weighted by molar-refractivity contribution is -0.116. The van der Waals surface area contributed by atoms with Crippen LogP contribution in [0.1, 0.15) is 37.0 Å². The summed E-state index contributed by atoms with van der Waals surface area (Å²) in [7, 11) is 1.82. The second-order valence-electron chi connectivity index (χ2n) is 6.56. The average molecular weight is 347 g/mol. The van der Waals surface area contributed by atoms with Gasteiger partial charge < -0.3 is 15.0 Å². The van der Waals surface area contributed by atoms with Gasteiger partial charge in [0.25, 0.3) is 5.91 Å². The number of likely N-dealkylation sites (N-methyl/N-ethyl adjacent to an activating group) is 1. The van der Waals surface area contributed by atoms with E-state index in [0.29, 0.717) is 24.2 Å². The molecule has 0 unspecified atom stereocenters. The number of hydrogen-bond donors (Lipinski definition) is 1. The molecule has 1 aromatic rings. The molecule has 0 aliphatic carbocycles. The molecule has 0 aromatic heterocycles. The van der Waals surface area contributed by atoms with Gasteiger partial charge in [0.2, 0.25) is 5.91 Å². The molecule has 2 amide bonds. The normalized spacial score (nSPS) is 16.3. The molecule has 1 aromatic carbocycles. The Morgan fingerprint density at radius 2 is 2.04 bits per heavy atom. The molecule has 1 atom stereocenters. The predicted octanol–water partition coefficient (Wildman–Crippen LogP) is 2.22. The Bertz CT molecular complexity index is 585. The first-order chi connectivity index (χ1) is 12.0. The standard InChI is InChI=1S/C19H29N3O3/c1-4-6-18(23)20-17-8-5-7-16(13-17)19(24)21(3)14-15(2)22-9-11-25-12-10-22/h5,7-8,13,15H,4,6,9-12,14H2,1-3H3,(H,20,23)/t15-/m0/s1. The molecule has 0 bridgehead atoms. The van der Waals surface area contributed by atoms with Gasteiger partial charge >= 0.3 is 0 Å². The molecule has 138 valence electrons. The second-order valence-corrected chi connectivity index (χ2v) is 6.56. The molecule has 6 nitrogen and oxygen atoms in total. The van der Waals surface area contributed by atoms with Crippen molar-refractivity contribution in [3.05, 3.63) is 29.8 Å². The maximum absolute atomic E-state index is 12.7. The zero-order valence-corrected chi connectivity index (χ0v) is 15.5. The zero-order chi connectivity index (χ0) is 18.2. The van der Waals surface area contributed by atoms with Crippen LogP contribution in [0.4, 0.5) is 5.69 Å². The average Bonchev–Trinajstić information content (AvgIpc) is 2.62. The van der Waals surface area contributed by atoms with E-state index < -0.39 is 0 Å². The van der Waals surface area contributed by atoms with E-state index in [2.05, 4.69) is 17.1 Å². The number of nitrogens with zero attached hydrogens (tertiary/aromatic N) is 2. The van der Waals surface area contributed by atoms with Crippen molar-refractivity contribution in [3.63, 3.8) is 0 Å². The van der Waals surface area contributed by atoms with Crippen molar-refractivity contribution in [1.82, 2.24) is 9.80 Å². The summed E-state index contributed by atoms with van der Waals surface area (Å²) < 4.78 is 5.38. The summed E-state index contributed by atoms with van der Waals surface area (Å²) in [6, 6.07) is 7.42. The fourth-order valence-corrected chi connectivity index (χ4v) is 3.01. The third-order valence-electron chi connectivity index (χ3n) is 4.42. The van der Waals surface area contributed by atoms with Crippen molar-refractivity contribution in [2.45, 2.75) is 32.7 Å². The van der Waals surface area contributed by atoms with Crippen molar-refractivity contribution in [2.75, 3.05) is 45.2 Å². The van der Waals surface area contributed by atoms with Gasteiger partial charge in [0.15, 0.2) is 0 Å². The van der Waals surface area contributed by atoms with Gasteiger partial charge in [-0.15, -0.1) is 0 Å². The highest BCUT2D eigenvalue weighted by atomic mass is 16.5. The Labute approximate surface area is 150 Å². The minimum Gasteiger partial charge on any atom is -0.379 e. The first kappa shape index (κ1) is 19.4. The molecular weight excluding hydrogens is 318 g/mol. The van der Waals surface area contributed by atoms with Gasteiger partial charge in [-0.1, -0.05) is 13.0 Å². The van der Waals surface area contributed by atoms with Crippen molar-refractivity contribution in [1.29, 1.82) is 0 Å². The van der Waals surface area contributed by atoms with Crippen LogP contribution >= 0.6 is 0 Å². The molecule has 2 rings (SSSR count). The van der Waals surface area contributed by atoms with Crippen LogP contribution in [0.25, 0.3) is 0 Å². The summed E-state index contributed by atoms with van der Waals surface area (Å²) in [5.41, 5.74) is 1.25. The predicted molar refractivity (Wildman–Crippen MR) is 98.8 cm³/mol. The number of hydrogen-bond acceptors (Lipinski definition) is 4. The van der Waals surface area contributed by atoms with E-state index >= 15 is 0 Å². The van der Waals surface area contributed by atoms with E-state index in [-0.39, 0.29) is 17.9 Å². The van der Waals surface area contributed by atoms with Crippen molar-refractivity contribution < 1.29 is 14.3 Å². The molecular formula is C19H29N3O3. The van der Waals surface area contributed by atoms with Crippen LogP contribution in [-0.2, 0) is 9.53 Å². The van der Waals surface area contributed by atoms with E-state index in [1.165, 1.54) is 0 Å². The van der Waals surface area contributed by atoms with Crippen LogP contribution in [0, 0.1) is 0 Å². The van der Waals surface area contributed by atoms with Crippen LogP contribution in [0.3, 0.4) is 0 Å². The quantitative estimate of drug-likeness (QED) is 0.821. The number of anilines is 1. The van der Waals surface area contributed by atoms with Crippen molar-refractivity contribution in [3.8, 4) is 0 Å². The summed E-state index contributed by atoms with van der Waals surface area (Å²) >= 11 is 0. The Kier molecular flexibility index (Phi) is 7.40. The van der Waals surface area contributed by atoms with Crippen LogP contribution < -0.4 is 5.32 Å². The van der Waals surface area contributed by atoms with Crippen LogP contribution in [-0.4, -0.2) is 67.6 Å². The van der Waals surface area contributed by atoms with Crippen molar-refractivity contribution in [2.24, 2.45) is 0 Å². The van der Waals surface area contributed by atoms with Crippen LogP contribution in [0.2, 0.25) is 0 Å². The van der Waals surface area contributed by atoms with Gasteiger partial charge in [-0.3, -0.25) is 14.5 Å². The first-order valence-corrected chi connectivity index (χ1v) is 8.98. The maximum Gasteiger partial charge on any atom is 0.253 e. The molecule has 1 saturated heterocycles. The van der Waals surface area contributed by atoms with Crippen LogP contribution in [0.15, 0.2) is 24.3 Å². The van der Waals surface area contributed by atoms with E-state index in [1.807, 2.05) is 14.0 Å². The summed E-state index contributed by atoms with van der Waals surface area (Å²) in [5.74, 6) is -0.0620. The smallest absolute Gasteiger partial charge is 0.253 e. The number of rotatable bonds is 7. The number of ether oxygens (including phenoxy) is 1. The zero-order valence-electron chi connectivity index (χ0n) is 15.5. The number of benzene rings is 1. The number of morpholine rings is 1. The van der Waals surface area contributed by atoms with Gasteiger partial charge in [-0.05, 0) is 31.5 Å². The molecule has 6 heteroatoms. The molecule has 1 heterocycles. The molecule has 0 radical (unpaired) electrons. The number of carbonyl (C=O) groups excluding carboxylic acids is 2. The topological polar surface area (TPSA) is 61.9 Å². The van der Waals surface area contributed by atoms with E-state index in [1.54, 1.807) is 29.2 Å². The number of nitrogens with one attached hydrogen (secondary N) is 1. The lowest BCUT2D eigenvalue weighted by Gasteiger charge is -2.34. The van der Waals surface area contributed by atoms with Gasteiger partial charge in [0, 0.05) is 50.4 Å². The molecule has 0 saturated carbocycles. The highest BCUT2D eigenvalue weighted by Crippen LogP contribution is 2.14. The fraction of sp³-hybridized carbons (Fsp3) is 0.579. The summed E-state index contributed by atoms with van der Waals surface area (Å²) in [6.45, 7) is 8.07. The first-order valence-electron chi connectivity index (χ1n) is 8.98. The number of amides is 2. The molecule has 1 aliphatic heterocycles. The minimum atomic E-state index is -0.0355. The van der Waals surface area contributed by atoms with Gasteiger partial charge in [0.1, 0.15) is 0 Å². The molecule has 1 fully saturated rings. The van der Waals surface area contributed by atoms with E-state index in [9.17, 15) is 9.59 Å². The fourth-order valence-electron chi connectivity index (χ4n) is 3.01. The summed E-state index contributed by atoms with van der Waals surface area (Å²) in [6.07, 6.45) is 1.28. The molecule has 25 heavy (non-hydrogen) atoms. The third kappa shape index (κ3) is 5.83. The maximum atomic E-state index is 12.7. The Morgan fingerprint density at radius 1 is 1.32 bits per heavy atom. The SMILES string of the molecule is CCCC(=O)Nc1cccc(C(=O)N(C)C[C@H](C)N2CCOCC2)c1. The lowest BCUT2D eigenvalue weighted by atomic mass is 10.1. The highest BCUT2D eigenvalue weighted by molar-refractivity contribution is 5.97. The molecule has 1 aliphatic rings. The Balaban J connectivity index is 1.95. The largest absolute Gasteiger partial charge is 0.379 e. The highest BCUT2D eigenvalue weighted by Gasteiger charge is 2.21. The molecule has 0 spiro atoms. The summed E-state index contributed by atoms with van der Waals surface area (Å²) in [5, 5.41) is 2.84. The number of carbonyl (C=O) groups is 2. The summed E-state index contributed by atoms with van der Waals surface area (Å²) in [4.78, 5) is 28.5. The van der Waals surface area contributed by atoms with E-state index in [0.717, 1.165) is 32.7 Å². The van der Waals surface area contributed by atoms with Crippen molar-refractivity contribution >= 4 is 17.5 Å². The van der Waals surface area contributed by atoms with Gasteiger partial charge in [-0.25, -0.2) is 0 Å². The third-order valence-corrected chi connectivity index (χ3v) is 4.42. The second kappa shape index (κ2) is 9.53. The van der Waals surface area contributed by atoms with Crippen LogP contribution in [0.5, 0.6) is 0 Å². The monoisotopic (exact) mass is 347 g/mol. The minimum absolute atomic E-state index is 0.0265. The van der Waals surface area contributed by atoms with E-state index in [4.69, 9.17) is 4.74 Å². The Morgan fingerprint density at radius 3 is 2.72 bits per heavy atom. The molecule has 1 N–H and O–H groups in total. The van der Waals surface area contributed by atoms with Gasteiger partial charge in [-0.2, -0.15) is 0 Å². The Hall–Kier alpha value is -1.92.